The number of aromatic nitrogens is 5. The third-order valence-corrected chi connectivity index (χ3v) is 2.90. The van der Waals surface area contributed by atoms with Gasteiger partial charge in [0, 0.05) is 45.6 Å². The van der Waals surface area contributed by atoms with Crippen molar-refractivity contribution in [3.05, 3.63) is 29.8 Å². The van der Waals surface area contributed by atoms with E-state index in [2.05, 4.69) is 20.2 Å². The van der Waals surface area contributed by atoms with E-state index in [-0.39, 0.29) is 5.91 Å². The summed E-state index contributed by atoms with van der Waals surface area (Å²) in [6.07, 6.45) is 4.91. The maximum Gasteiger partial charge on any atom is 0.276 e. The number of rotatable bonds is 5. The maximum atomic E-state index is 12.2. The average Bonchev–Trinajstić information content (AvgIpc) is 2.95. The van der Waals surface area contributed by atoms with Crippen molar-refractivity contribution >= 4 is 11.9 Å². The van der Waals surface area contributed by atoms with Crippen molar-refractivity contribution in [2.75, 3.05) is 26.0 Å². The summed E-state index contributed by atoms with van der Waals surface area (Å²) in [5.41, 5.74) is 1.20. The van der Waals surface area contributed by atoms with Gasteiger partial charge in [-0.25, -0.2) is 9.97 Å². The van der Waals surface area contributed by atoms with Crippen LogP contribution in [0.25, 0.3) is 0 Å². The molecule has 0 N–H and O–H groups in total. The van der Waals surface area contributed by atoms with E-state index in [1.807, 2.05) is 25.9 Å². The first-order chi connectivity index (χ1) is 10.0. The lowest BCUT2D eigenvalue weighted by Gasteiger charge is -2.16. The molecule has 0 aromatic carbocycles. The summed E-state index contributed by atoms with van der Waals surface area (Å²) in [6, 6.07) is 0. The normalized spacial score (nSPS) is 10.5. The van der Waals surface area contributed by atoms with Crippen LogP contribution in [0.4, 0.5) is 5.95 Å². The van der Waals surface area contributed by atoms with Gasteiger partial charge in [-0.1, -0.05) is 0 Å². The number of nitrogens with zero attached hydrogens (tertiary/aromatic N) is 7. The Morgan fingerprint density at radius 1 is 1.19 bits per heavy atom. The summed E-state index contributed by atoms with van der Waals surface area (Å²) in [4.78, 5) is 25.5. The average molecular weight is 289 g/mol. The van der Waals surface area contributed by atoms with Gasteiger partial charge in [0.1, 0.15) is 0 Å². The third-order valence-electron chi connectivity index (χ3n) is 2.90. The van der Waals surface area contributed by atoms with Crippen LogP contribution in [0.5, 0.6) is 0 Å². The van der Waals surface area contributed by atoms with Crippen LogP contribution in [0.2, 0.25) is 0 Å². The van der Waals surface area contributed by atoms with E-state index >= 15 is 0 Å². The lowest BCUT2D eigenvalue weighted by molar-refractivity contribution is 0.0778. The number of amides is 1. The molecule has 2 aromatic rings. The fourth-order valence-electron chi connectivity index (χ4n) is 1.75. The summed E-state index contributed by atoms with van der Waals surface area (Å²) in [5.74, 6) is 0.463. The zero-order valence-electron chi connectivity index (χ0n) is 12.7. The number of carbonyl (C=O) groups is 1. The Morgan fingerprint density at radius 3 is 2.38 bits per heavy atom. The highest BCUT2D eigenvalue weighted by molar-refractivity contribution is 5.91. The van der Waals surface area contributed by atoms with Gasteiger partial charge < -0.3 is 9.80 Å². The van der Waals surface area contributed by atoms with E-state index < -0.39 is 0 Å². The second-order valence-electron chi connectivity index (χ2n) is 4.87. The Morgan fingerprint density at radius 2 is 1.86 bits per heavy atom. The van der Waals surface area contributed by atoms with Crippen LogP contribution < -0.4 is 4.90 Å². The van der Waals surface area contributed by atoms with Crippen LogP contribution in [0.1, 0.15) is 23.0 Å². The fourth-order valence-corrected chi connectivity index (χ4v) is 1.75. The van der Waals surface area contributed by atoms with Gasteiger partial charge in [0.2, 0.25) is 5.95 Å². The highest BCUT2D eigenvalue weighted by Crippen LogP contribution is 2.07. The number of carbonyl (C=O) groups excluding carboxylic acids is 1. The molecule has 0 saturated heterocycles. The molecule has 0 saturated carbocycles. The molecular formula is C13H19N7O. The molecule has 0 bridgehead atoms. The summed E-state index contributed by atoms with van der Waals surface area (Å²) in [5, 5.41) is 8.11. The molecule has 0 spiro atoms. The fraction of sp³-hybridized carbons (Fsp3) is 0.462. The Bertz CT molecular complexity index is 605. The minimum Gasteiger partial charge on any atom is -0.347 e. The van der Waals surface area contributed by atoms with E-state index in [1.165, 1.54) is 11.0 Å². The SMILES string of the molecule is CCn1ncc(C(=O)N(C)Cc2cnc(N(C)C)nc2)n1. The second-order valence-corrected chi connectivity index (χ2v) is 4.87. The van der Waals surface area contributed by atoms with Gasteiger partial charge in [-0.2, -0.15) is 9.90 Å². The monoisotopic (exact) mass is 289 g/mol. The first-order valence-electron chi connectivity index (χ1n) is 6.65. The van der Waals surface area contributed by atoms with E-state index in [1.54, 1.807) is 24.3 Å². The molecule has 0 radical (unpaired) electrons. The molecule has 1 amide bonds. The van der Waals surface area contributed by atoms with Crippen LogP contribution in [0, 0.1) is 0 Å². The maximum absolute atomic E-state index is 12.2. The number of hydrogen-bond donors (Lipinski definition) is 0. The van der Waals surface area contributed by atoms with Gasteiger partial charge in [-0.3, -0.25) is 4.79 Å². The van der Waals surface area contributed by atoms with Gasteiger partial charge in [-0.05, 0) is 6.92 Å². The smallest absolute Gasteiger partial charge is 0.276 e. The predicted octanol–water partition coefficient (Wildman–Crippen LogP) is 0.426. The topological polar surface area (TPSA) is 80.0 Å². The Labute approximate surface area is 123 Å². The number of aryl methyl sites for hydroxylation is 1. The lowest BCUT2D eigenvalue weighted by atomic mass is 10.3. The molecule has 21 heavy (non-hydrogen) atoms. The van der Waals surface area contributed by atoms with Gasteiger partial charge in [0.05, 0.1) is 12.7 Å². The minimum absolute atomic E-state index is 0.175. The van der Waals surface area contributed by atoms with Crippen LogP contribution >= 0.6 is 0 Å². The molecular weight excluding hydrogens is 270 g/mol. The van der Waals surface area contributed by atoms with E-state index in [9.17, 15) is 4.79 Å². The van der Waals surface area contributed by atoms with Crippen LogP contribution in [-0.4, -0.2) is 56.9 Å². The molecule has 0 fully saturated rings. The van der Waals surface area contributed by atoms with Gasteiger partial charge >= 0.3 is 0 Å². The Hall–Kier alpha value is -2.51. The lowest BCUT2D eigenvalue weighted by Crippen LogP contribution is -2.27. The molecule has 8 nitrogen and oxygen atoms in total. The van der Waals surface area contributed by atoms with Crippen molar-refractivity contribution in [3.63, 3.8) is 0 Å². The largest absolute Gasteiger partial charge is 0.347 e. The van der Waals surface area contributed by atoms with Crippen molar-refractivity contribution in [1.29, 1.82) is 0 Å². The minimum atomic E-state index is -0.175. The molecule has 0 aliphatic rings. The molecule has 0 aliphatic carbocycles. The van der Waals surface area contributed by atoms with Crippen LogP contribution in [-0.2, 0) is 13.1 Å². The van der Waals surface area contributed by atoms with Crippen LogP contribution in [0.3, 0.4) is 0 Å². The second kappa shape index (κ2) is 6.29. The Balaban J connectivity index is 2.03. The first-order valence-corrected chi connectivity index (χ1v) is 6.65. The molecule has 0 aliphatic heterocycles. The van der Waals surface area contributed by atoms with Crippen molar-refractivity contribution < 1.29 is 4.79 Å². The third kappa shape index (κ3) is 3.53. The highest BCUT2D eigenvalue weighted by atomic mass is 16.2. The molecule has 8 heteroatoms. The molecule has 2 heterocycles. The molecule has 112 valence electrons. The van der Waals surface area contributed by atoms with Crippen LogP contribution in [0.15, 0.2) is 18.6 Å². The van der Waals surface area contributed by atoms with Crippen molar-refractivity contribution in [3.8, 4) is 0 Å². The molecule has 0 atom stereocenters. The number of anilines is 1. The van der Waals surface area contributed by atoms with Gasteiger partial charge in [0.15, 0.2) is 5.69 Å². The standard InChI is InChI=1S/C13H19N7O/c1-5-20-16-8-11(17-20)12(21)19(4)9-10-6-14-13(15-7-10)18(2)3/h6-8H,5,9H2,1-4H3. The zero-order chi connectivity index (χ0) is 15.4. The molecule has 2 rings (SSSR count). The van der Waals surface area contributed by atoms with Crippen molar-refractivity contribution in [2.45, 2.75) is 20.0 Å². The van der Waals surface area contributed by atoms with E-state index in [0.717, 1.165) is 5.56 Å². The van der Waals surface area contributed by atoms with Crippen molar-refractivity contribution in [1.82, 2.24) is 29.9 Å². The summed E-state index contributed by atoms with van der Waals surface area (Å²) < 4.78 is 0. The summed E-state index contributed by atoms with van der Waals surface area (Å²) in [7, 11) is 5.47. The first kappa shape index (κ1) is 14.9. The summed E-state index contributed by atoms with van der Waals surface area (Å²) in [6.45, 7) is 2.98. The molecule has 0 unspecified atom stereocenters. The summed E-state index contributed by atoms with van der Waals surface area (Å²) >= 11 is 0. The van der Waals surface area contributed by atoms with Gasteiger partial charge in [0.25, 0.3) is 5.91 Å². The van der Waals surface area contributed by atoms with Gasteiger partial charge in [-0.15, -0.1) is 5.10 Å². The zero-order valence-corrected chi connectivity index (χ0v) is 12.7. The number of hydrogen-bond acceptors (Lipinski definition) is 6. The van der Waals surface area contributed by atoms with E-state index in [0.29, 0.717) is 24.7 Å². The highest BCUT2D eigenvalue weighted by Gasteiger charge is 2.16. The molecule has 2 aromatic heterocycles. The Kier molecular flexibility index (Phi) is 4.46. The quantitative estimate of drug-likeness (QED) is 0.794. The van der Waals surface area contributed by atoms with E-state index in [4.69, 9.17) is 0 Å². The predicted molar refractivity (Wildman–Crippen MR) is 77.9 cm³/mol. The van der Waals surface area contributed by atoms with Crippen molar-refractivity contribution in [2.24, 2.45) is 0 Å².